The van der Waals surface area contributed by atoms with Crippen LogP contribution in [0, 0.1) is 10.1 Å². The predicted octanol–water partition coefficient (Wildman–Crippen LogP) is 1.79. The van der Waals surface area contributed by atoms with E-state index in [1.807, 2.05) is 0 Å². The van der Waals surface area contributed by atoms with E-state index in [0.717, 1.165) is 6.54 Å². The zero-order valence-corrected chi connectivity index (χ0v) is 10.4. The number of aromatic nitrogens is 1. The Labute approximate surface area is 101 Å². The lowest BCUT2D eigenvalue weighted by atomic mass is 10.1. The van der Waals surface area contributed by atoms with E-state index in [9.17, 15) is 10.1 Å². The Morgan fingerprint density at radius 3 is 2.71 bits per heavy atom. The molecule has 0 spiro atoms. The molecule has 1 aromatic rings. The fourth-order valence-corrected chi connectivity index (χ4v) is 1.30. The number of hydrogen-bond acceptors (Lipinski definition) is 5. The van der Waals surface area contributed by atoms with E-state index in [2.05, 4.69) is 36.4 Å². The van der Waals surface area contributed by atoms with Gasteiger partial charge < -0.3 is 10.6 Å². The van der Waals surface area contributed by atoms with Gasteiger partial charge in [0.25, 0.3) is 0 Å². The molecule has 0 amide bonds. The first kappa shape index (κ1) is 13.4. The number of nitrogens with zero attached hydrogens (tertiary/aromatic N) is 2. The molecule has 0 bridgehead atoms. The van der Waals surface area contributed by atoms with Crippen LogP contribution < -0.4 is 10.6 Å². The highest BCUT2D eigenvalue weighted by atomic mass is 16.6. The molecule has 17 heavy (non-hydrogen) atoms. The number of rotatable bonds is 5. The molecule has 0 aliphatic carbocycles. The summed E-state index contributed by atoms with van der Waals surface area (Å²) in [7, 11) is 0. The summed E-state index contributed by atoms with van der Waals surface area (Å²) in [6.45, 7) is 7.51. The second kappa shape index (κ2) is 5.58. The molecule has 0 saturated heterocycles. The van der Waals surface area contributed by atoms with Gasteiger partial charge in [0.15, 0.2) is 0 Å². The minimum absolute atomic E-state index is 0.00302. The van der Waals surface area contributed by atoms with Gasteiger partial charge in [0, 0.05) is 30.9 Å². The topological polar surface area (TPSA) is 80.1 Å². The van der Waals surface area contributed by atoms with E-state index in [-0.39, 0.29) is 11.2 Å². The van der Waals surface area contributed by atoms with Crippen molar-refractivity contribution in [2.45, 2.75) is 26.3 Å². The van der Waals surface area contributed by atoms with Crippen molar-refractivity contribution in [3.8, 4) is 0 Å². The van der Waals surface area contributed by atoms with Crippen molar-refractivity contribution >= 4 is 11.5 Å². The van der Waals surface area contributed by atoms with Crippen molar-refractivity contribution in [3.05, 3.63) is 28.4 Å². The lowest BCUT2D eigenvalue weighted by molar-refractivity contribution is -0.384. The van der Waals surface area contributed by atoms with E-state index < -0.39 is 4.92 Å². The fourth-order valence-electron chi connectivity index (χ4n) is 1.30. The number of hydrogen-bond donors (Lipinski definition) is 2. The van der Waals surface area contributed by atoms with E-state index in [0.29, 0.717) is 12.4 Å². The quantitative estimate of drug-likeness (QED) is 0.464. The van der Waals surface area contributed by atoms with Crippen molar-refractivity contribution < 1.29 is 4.92 Å². The highest BCUT2D eigenvalue weighted by Crippen LogP contribution is 2.19. The van der Waals surface area contributed by atoms with Gasteiger partial charge in [-0.1, -0.05) is 0 Å². The van der Waals surface area contributed by atoms with Gasteiger partial charge in [-0.15, -0.1) is 0 Å². The highest BCUT2D eigenvalue weighted by Gasteiger charge is 2.13. The van der Waals surface area contributed by atoms with Gasteiger partial charge in [0.2, 0.25) is 5.82 Å². The minimum atomic E-state index is -0.438. The van der Waals surface area contributed by atoms with Crippen LogP contribution in [0.2, 0.25) is 0 Å². The van der Waals surface area contributed by atoms with Gasteiger partial charge in [-0.05, 0) is 26.8 Å². The van der Waals surface area contributed by atoms with Gasteiger partial charge in [-0.25, -0.2) is 4.98 Å². The maximum Gasteiger partial charge on any atom is 0.311 e. The van der Waals surface area contributed by atoms with Gasteiger partial charge >= 0.3 is 5.69 Å². The largest absolute Gasteiger partial charge is 0.363 e. The molecule has 0 aliphatic heterocycles. The molecular weight excluding hydrogens is 220 g/mol. The fraction of sp³-hybridized carbons (Fsp3) is 0.545. The number of pyridine rings is 1. The van der Waals surface area contributed by atoms with Crippen LogP contribution in [0.1, 0.15) is 20.8 Å². The molecular formula is C11H18N4O2. The molecule has 0 atom stereocenters. The van der Waals surface area contributed by atoms with Crippen LogP contribution in [0.5, 0.6) is 0 Å². The second-order valence-electron chi connectivity index (χ2n) is 4.73. The first-order valence-corrected chi connectivity index (χ1v) is 5.48. The normalized spacial score (nSPS) is 11.2. The third kappa shape index (κ3) is 4.78. The van der Waals surface area contributed by atoms with Crippen LogP contribution in [-0.2, 0) is 0 Å². The Bertz CT molecular complexity index is 387. The molecule has 1 aromatic heterocycles. The van der Waals surface area contributed by atoms with Crippen molar-refractivity contribution in [2.24, 2.45) is 0 Å². The Morgan fingerprint density at radius 1 is 1.41 bits per heavy atom. The van der Waals surface area contributed by atoms with Crippen molar-refractivity contribution in [3.63, 3.8) is 0 Å². The molecule has 0 unspecified atom stereocenters. The maximum atomic E-state index is 10.7. The number of anilines is 1. The zero-order chi connectivity index (χ0) is 12.9. The van der Waals surface area contributed by atoms with Gasteiger partial charge in [0.05, 0.1) is 4.92 Å². The molecule has 0 saturated carbocycles. The van der Waals surface area contributed by atoms with Crippen LogP contribution in [-0.4, -0.2) is 28.5 Å². The minimum Gasteiger partial charge on any atom is -0.363 e. The van der Waals surface area contributed by atoms with E-state index in [1.165, 1.54) is 12.3 Å². The van der Waals surface area contributed by atoms with E-state index >= 15 is 0 Å². The lowest BCUT2D eigenvalue weighted by Gasteiger charge is -2.20. The Morgan fingerprint density at radius 2 is 2.12 bits per heavy atom. The highest BCUT2D eigenvalue weighted by molar-refractivity contribution is 5.54. The lowest BCUT2D eigenvalue weighted by Crippen LogP contribution is -2.38. The predicted molar refractivity (Wildman–Crippen MR) is 67.1 cm³/mol. The standard InChI is InChI=1S/C11H18N4O2/c1-11(2,3)14-8-7-13-10-9(15(16)17)5-4-6-12-10/h4-6,14H,7-8H2,1-3H3,(H,12,13). The molecule has 2 N–H and O–H groups in total. The van der Waals surface area contributed by atoms with Crippen molar-refractivity contribution in [1.29, 1.82) is 0 Å². The van der Waals surface area contributed by atoms with Crippen molar-refractivity contribution in [2.75, 3.05) is 18.4 Å². The Kier molecular flexibility index (Phi) is 4.39. The van der Waals surface area contributed by atoms with Crippen LogP contribution in [0.25, 0.3) is 0 Å². The molecule has 1 heterocycles. The molecule has 94 valence electrons. The summed E-state index contributed by atoms with van der Waals surface area (Å²) in [4.78, 5) is 14.2. The van der Waals surface area contributed by atoms with Crippen LogP contribution in [0.3, 0.4) is 0 Å². The average Bonchev–Trinajstić information content (AvgIpc) is 2.23. The van der Waals surface area contributed by atoms with Crippen LogP contribution in [0.15, 0.2) is 18.3 Å². The Hall–Kier alpha value is -1.69. The van der Waals surface area contributed by atoms with Gasteiger partial charge in [-0.2, -0.15) is 0 Å². The molecule has 0 aliphatic rings. The van der Waals surface area contributed by atoms with Crippen LogP contribution >= 0.6 is 0 Å². The summed E-state index contributed by atoms with van der Waals surface area (Å²) in [6, 6.07) is 2.99. The third-order valence-corrected chi connectivity index (χ3v) is 2.06. The first-order chi connectivity index (χ1) is 7.90. The SMILES string of the molecule is CC(C)(C)NCCNc1ncccc1[N+](=O)[O-]. The smallest absolute Gasteiger partial charge is 0.311 e. The summed E-state index contributed by atoms with van der Waals surface area (Å²) >= 11 is 0. The maximum absolute atomic E-state index is 10.7. The Balaban J connectivity index is 2.49. The molecule has 6 heteroatoms. The summed E-state index contributed by atoms with van der Waals surface area (Å²) < 4.78 is 0. The monoisotopic (exact) mass is 238 g/mol. The summed E-state index contributed by atoms with van der Waals surface area (Å²) in [5, 5.41) is 17.0. The van der Waals surface area contributed by atoms with Crippen LogP contribution in [0.4, 0.5) is 11.5 Å². The molecule has 0 fully saturated rings. The second-order valence-corrected chi connectivity index (χ2v) is 4.73. The van der Waals surface area contributed by atoms with E-state index in [1.54, 1.807) is 6.07 Å². The van der Waals surface area contributed by atoms with Gasteiger partial charge in [0.1, 0.15) is 0 Å². The van der Waals surface area contributed by atoms with Crippen molar-refractivity contribution in [1.82, 2.24) is 10.3 Å². The molecule has 0 radical (unpaired) electrons. The molecule has 0 aromatic carbocycles. The number of nitro groups is 1. The van der Waals surface area contributed by atoms with E-state index in [4.69, 9.17) is 0 Å². The zero-order valence-electron chi connectivity index (χ0n) is 10.4. The molecule has 6 nitrogen and oxygen atoms in total. The number of nitrogens with one attached hydrogen (secondary N) is 2. The molecule has 1 rings (SSSR count). The summed E-state index contributed by atoms with van der Waals surface area (Å²) in [5.74, 6) is 0.313. The average molecular weight is 238 g/mol. The summed E-state index contributed by atoms with van der Waals surface area (Å²) in [6.07, 6.45) is 1.53. The van der Waals surface area contributed by atoms with Gasteiger partial charge in [-0.3, -0.25) is 10.1 Å². The third-order valence-electron chi connectivity index (χ3n) is 2.06. The first-order valence-electron chi connectivity index (χ1n) is 5.48. The summed E-state index contributed by atoms with van der Waals surface area (Å²) in [5.41, 5.74) is 0.0424.